The van der Waals surface area contributed by atoms with Crippen molar-refractivity contribution in [3.8, 4) is 0 Å². The molecule has 5 nitrogen and oxygen atoms in total. The lowest BCUT2D eigenvalue weighted by Gasteiger charge is -2.41. The fraction of sp³-hybridized carbons (Fsp3) is 0.778. The lowest BCUT2D eigenvalue weighted by atomic mass is 9.71. The number of esters is 2. The third-order valence-corrected chi connectivity index (χ3v) is 10.8. The molecule has 3 rings (SSSR count). The predicted molar refractivity (Wildman–Crippen MR) is 91.8 cm³/mol. The highest BCUT2D eigenvalue weighted by molar-refractivity contribution is 6.74. The van der Waals surface area contributed by atoms with Crippen molar-refractivity contribution in [2.24, 2.45) is 17.8 Å². The Hall–Kier alpha value is -0.983. The monoisotopic (exact) mass is 352 g/mol. The Balaban J connectivity index is 1.82. The van der Waals surface area contributed by atoms with E-state index < -0.39 is 20.2 Å². The molecule has 1 aliphatic carbocycles. The standard InChI is InChI=1S/C18H28O5Si/c1-10(23-24(5,6)18(2,3)4)15-13-11(9-21-15)7-8-12-14(13)17(20)22-16(12)19/h7,10,12-15H,8-9H2,1-6H3/t10-,12+,13-,14+,15-/m0/s1. The Kier molecular flexibility index (Phi) is 4.29. The zero-order valence-corrected chi connectivity index (χ0v) is 16.4. The SMILES string of the molecule is C[C@H](O[Si](C)(C)C(C)(C)C)[C@@H]1OCC2=CC[C@H]3C(=O)OC(=O)[C@H]3[C@H]21. The molecule has 0 aromatic heterocycles. The maximum Gasteiger partial charge on any atom is 0.318 e. The number of ether oxygens (including phenoxy) is 2. The lowest BCUT2D eigenvalue weighted by Crippen LogP contribution is -2.48. The van der Waals surface area contributed by atoms with Crippen molar-refractivity contribution < 1.29 is 23.5 Å². The number of cyclic esters (lactones) is 2. The van der Waals surface area contributed by atoms with Gasteiger partial charge in [0.15, 0.2) is 8.32 Å². The molecule has 0 unspecified atom stereocenters. The molecule has 134 valence electrons. The van der Waals surface area contributed by atoms with Crippen LogP contribution in [0.4, 0.5) is 0 Å². The summed E-state index contributed by atoms with van der Waals surface area (Å²) >= 11 is 0. The molecule has 24 heavy (non-hydrogen) atoms. The molecular formula is C18H28O5Si. The van der Waals surface area contributed by atoms with Gasteiger partial charge in [0.2, 0.25) is 0 Å². The predicted octanol–water partition coefficient (Wildman–Crippen LogP) is 3.06. The zero-order chi connectivity index (χ0) is 17.9. The number of carbonyl (C=O) groups is 2. The highest BCUT2D eigenvalue weighted by atomic mass is 28.4. The van der Waals surface area contributed by atoms with Gasteiger partial charge in [-0.1, -0.05) is 26.8 Å². The molecule has 0 bridgehead atoms. The summed E-state index contributed by atoms with van der Waals surface area (Å²) < 4.78 is 17.4. The average molecular weight is 353 g/mol. The Morgan fingerprint density at radius 3 is 2.50 bits per heavy atom. The second-order valence-electron chi connectivity index (χ2n) is 8.77. The molecular weight excluding hydrogens is 324 g/mol. The first-order chi connectivity index (χ1) is 11.0. The second kappa shape index (κ2) is 5.78. The van der Waals surface area contributed by atoms with Crippen LogP contribution in [0.5, 0.6) is 0 Å². The summed E-state index contributed by atoms with van der Waals surface area (Å²) in [6.07, 6.45) is 2.32. The Labute approximate surface area is 144 Å². The summed E-state index contributed by atoms with van der Waals surface area (Å²) in [5.41, 5.74) is 1.12. The molecule has 2 heterocycles. The Morgan fingerprint density at radius 1 is 1.21 bits per heavy atom. The smallest absolute Gasteiger partial charge is 0.318 e. The van der Waals surface area contributed by atoms with E-state index in [9.17, 15) is 9.59 Å². The van der Waals surface area contributed by atoms with Crippen molar-refractivity contribution in [2.75, 3.05) is 6.61 Å². The van der Waals surface area contributed by atoms with Crippen LogP contribution in [0.3, 0.4) is 0 Å². The van der Waals surface area contributed by atoms with Crippen LogP contribution < -0.4 is 0 Å². The van der Waals surface area contributed by atoms with E-state index in [0.717, 1.165) is 5.57 Å². The first-order valence-corrected chi connectivity index (χ1v) is 11.7. The largest absolute Gasteiger partial charge is 0.412 e. The van der Waals surface area contributed by atoms with Crippen LogP contribution in [-0.4, -0.2) is 39.1 Å². The van der Waals surface area contributed by atoms with Gasteiger partial charge in [-0.25, -0.2) is 0 Å². The van der Waals surface area contributed by atoms with Gasteiger partial charge in [-0.3, -0.25) is 9.59 Å². The minimum absolute atomic E-state index is 0.0949. The lowest BCUT2D eigenvalue weighted by molar-refractivity contribution is -0.154. The molecule has 0 aromatic carbocycles. The van der Waals surface area contributed by atoms with Gasteiger partial charge in [0.05, 0.1) is 30.7 Å². The third kappa shape index (κ3) is 2.78. The van der Waals surface area contributed by atoms with Crippen molar-refractivity contribution in [3.05, 3.63) is 11.6 Å². The number of hydrogen-bond donors (Lipinski definition) is 0. The minimum atomic E-state index is -1.94. The van der Waals surface area contributed by atoms with E-state index in [2.05, 4.69) is 39.9 Å². The molecule has 5 atom stereocenters. The van der Waals surface area contributed by atoms with Crippen LogP contribution in [0.1, 0.15) is 34.1 Å². The highest BCUT2D eigenvalue weighted by Crippen LogP contribution is 2.48. The Bertz CT molecular complexity index is 589. The van der Waals surface area contributed by atoms with Gasteiger partial charge in [0.1, 0.15) is 0 Å². The number of fused-ring (bicyclic) bond motifs is 3. The van der Waals surface area contributed by atoms with Crippen molar-refractivity contribution in [1.29, 1.82) is 0 Å². The van der Waals surface area contributed by atoms with Crippen molar-refractivity contribution in [2.45, 2.75) is 64.5 Å². The summed E-state index contributed by atoms with van der Waals surface area (Å²) in [6, 6.07) is 0. The summed E-state index contributed by atoms with van der Waals surface area (Å²) in [7, 11) is -1.94. The summed E-state index contributed by atoms with van der Waals surface area (Å²) in [6.45, 7) is 13.6. The molecule has 0 saturated carbocycles. The van der Waals surface area contributed by atoms with Gasteiger partial charge in [-0.05, 0) is 37.0 Å². The maximum atomic E-state index is 12.2. The van der Waals surface area contributed by atoms with Crippen molar-refractivity contribution >= 4 is 20.3 Å². The topological polar surface area (TPSA) is 61.8 Å². The molecule has 0 amide bonds. The van der Waals surface area contributed by atoms with Crippen LogP contribution in [0.15, 0.2) is 11.6 Å². The van der Waals surface area contributed by atoms with E-state index in [0.29, 0.717) is 13.0 Å². The van der Waals surface area contributed by atoms with E-state index in [1.54, 1.807) is 0 Å². The summed E-state index contributed by atoms with van der Waals surface area (Å²) in [5.74, 6) is -1.63. The molecule has 6 heteroatoms. The number of carbonyl (C=O) groups excluding carboxylic acids is 2. The van der Waals surface area contributed by atoms with E-state index in [1.807, 2.05) is 6.92 Å². The van der Waals surface area contributed by atoms with E-state index >= 15 is 0 Å². The first-order valence-electron chi connectivity index (χ1n) is 8.77. The van der Waals surface area contributed by atoms with Crippen LogP contribution in [0.2, 0.25) is 18.1 Å². The van der Waals surface area contributed by atoms with Gasteiger partial charge >= 0.3 is 11.9 Å². The van der Waals surface area contributed by atoms with E-state index in [4.69, 9.17) is 13.9 Å². The third-order valence-electron chi connectivity index (χ3n) is 6.20. The molecule has 0 radical (unpaired) electrons. The number of allylic oxidation sites excluding steroid dienone is 1. The number of rotatable bonds is 3. The molecule has 0 aromatic rings. The molecule has 0 spiro atoms. The zero-order valence-electron chi connectivity index (χ0n) is 15.4. The first kappa shape index (κ1) is 17.8. The van der Waals surface area contributed by atoms with Crippen LogP contribution in [0.25, 0.3) is 0 Å². The van der Waals surface area contributed by atoms with Crippen LogP contribution in [-0.2, 0) is 23.5 Å². The van der Waals surface area contributed by atoms with Gasteiger partial charge in [-0.15, -0.1) is 0 Å². The van der Waals surface area contributed by atoms with Crippen molar-refractivity contribution in [1.82, 2.24) is 0 Å². The Morgan fingerprint density at radius 2 is 1.88 bits per heavy atom. The fourth-order valence-corrected chi connectivity index (χ4v) is 5.26. The van der Waals surface area contributed by atoms with Gasteiger partial charge in [-0.2, -0.15) is 0 Å². The van der Waals surface area contributed by atoms with E-state index in [1.165, 1.54) is 0 Å². The highest BCUT2D eigenvalue weighted by Gasteiger charge is 2.56. The van der Waals surface area contributed by atoms with Crippen LogP contribution >= 0.6 is 0 Å². The second-order valence-corrected chi connectivity index (χ2v) is 13.5. The number of hydrogen-bond acceptors (Lipinski definition) is 5. The van der Waals surface area contributed by atoms with Gasteiger partial charge in [0, 0.05) is 5.92 Å². The molecule has 2 aliphatic heterocycles. The molecule has 3 aliphatic rings. The molecule has 2 fully saturated rings. The van der Waals surface area contributed by atoms with Gasteiger partial charge in [0.25, 0.3) is 0 Å². The average Bonchev–Trinajstić information content (AvgIpc) is 2.98. The minimum Gasteiger partial charge on any atom is -0.412 e. The van der Waals surface area contributed by atoms with Gasteiger partial charge < -0.3 is 13.9 Å². The normalized spacial score (nSPS) is 34.5. The molecule has 0 N–H and O–H groups in total. The van der Waals surface area contributed by atoms with Crippen molar-refractivity contribution in [3.63, 3.8) is 0 Å². The fourth-order valence-electron chi connectivity index (χ4n) is 3.84. The summed E-state index contributed by atoms with van der Waals surface area (Å²) in [4.78, 5) is 24.1. The molecule has 2 saturated heterocycles. The maximum absolute atomic E-state index is 12.2. The quantitative estimate of drug-likeness (QED) is 0.338. The van der Waals surface area contributed by atoms with E-state index in [-0.39, 0.29) is 35.1 Å². The summed E-state index contributed by atoms with van der Waals surface area (Å²) in [5, 5.41) is 0.107. The van der Waals surface area contributed by atoms with Crippen LogP contribution in [0, 0.1) is 17.8 Å².